The summed E-state index contributed by atoms with van der Waals surface area (Å²) in [6.45, 7) is 5.21. The van der Waals surface area contributed by atoms with E-state index in [4.69, 9.17) is 9.97 Å². The fraction of sp³-hybridized carbons (Fsp3) is 0.0476. The molecule has 2 aromatic heterocycles. The second-order valence-electron chi connectivity index (χ2n) is 13.4. The summed E-state index contributed by atoms with van der Waals surface area (Å²) in [4.78, 5) is 14.7. The van der Waals surface area contributed by atoms with E-state index in [0.717, 1.165) is 33.9 Å². The molecule has 48 heavy (non-hydrogen) atoms. The summed E-state index contributed by atoms with van der Waals surface area (Å²) < 4.78 is 0. The first-order valence-electron chi connectivity index (χ1n) is 16.6. The second-order valence-corrected chi connectivity index (χ2v) is 17.7. The van der Waals surface area contributed by atoms with Gasteiger partial charge in [-0.25, -0.2) is 0 Å². The Morgan fingerprint density at radius 2 is 0.812 bits per heavy atom. The first-order chi connectivity index (χ1) is 23.6. The number of pyridine rings is 2. The lowest BCUT2D eigenvalue weighted by molar-refractivity contribution is 1.24. The van der Waals surface area contributed by atoms with Crippen molar-refractivity contribution in [3.8, 4) is 22.5 Å². The maximum atomic E-state index is 4.81. The van der Waals surface area contributed by atoms with Crippen molar-refractivity contribution < 1.29 is 0 Å². The highest BCUT2D eigenvalue weighted by Crippen LogP contribution is 2.47. The van der Waals surface area contributed by atoms with Crippen molar-refractivity contribution in [3.63, 3.8) is 0 Å². The molecule has 4 nitrogen and oxygen atoms in total. The highest BCUT2D eigenvalue weighted by Gasteiger charge is 2.51. The first kappa shape index (κ1) is 27.4. The minimum absolute atomic E-state index is 0.144. The van der Waals surface area contributed by atoms with Crippen LogP contribution in [0.4, 0.5) is 34.1 Å². The molecular weight excluding hydrogens is 599 g/mol. The summed E-state index contributed by atoms with van der Waals surface area (Å²) in [5.41, 5.74) is 15.7. The van der Waals surface area contributed by atoms with Crippen LogP contribution >= 0.6 is 0 Å². The van der Waals surface area contributed by atoms with E-state index in [1.165, 1.54) is 49.5 Å². The van der Waals surface area contributed by atoms with Crippen molar-refractivity contribution in [2.45, 2.75) is 13.1 Å². The molecule has 0 aliphatic carbocycles. The summed E-state index contributed by atoms with van der Waals surface area (Å²) in [6.07, 6.45) is 3.77. The van der Waals surface area contributed by atoms with Crippen molar-refractivity contribution in [1.29, 1.82) is 0 Å². The number of hydrogen-bond donors (Lipinski definition) is 0. The standard InChI is InChI=1S/C42H31BN4Si/c1-48(2)38-24-12-22-36-41(38)43-40-34(46(36)32-18-5-3-14-28(32)30-16-7-9-26-44-30)20-11-21-35(40)47(37-23-13-25-39(48)42(37)43)33-19-6-4-15-29(33)31-17-8-10-27-45-31/h3-27H,1-2H3. The molecule has 0 amide bonds. The topological polar surface area (TPSA) is 32.3 Å². The summed E-state index contributed by atoms with van der Waals surface area (Å²) in [5.74, 6) is 0. The Labute approximate surface area is 282 Å². The third-order valence-electron chi connectivity index (χ3n) is 10.6. The van der Waals surface area contributed by atoms with E-state index in [0.29, 0.717) is 0 Å². The van der Waals surface area contributed by atoms with Crippen LogP contribution in [0.1, 0.15) is 0 Å². The summed E-state index contributed by atoms with van der Waals surface area (Å²) in [7, 11) is -2.10. The largest absolute Gasteiger partial charge is 0.311 e. The average Bonchev–Trinajstić information content (AvgIpc) is 3.14. The zero-order chi connectivity index (χ0) is 32.0. The van der Waals surface area contributed by atoms with E-state index < -0.39 is 8.07 Å². The van der Waals surface area contributed by atoms with Gasteiger partial charge in [0.05, 0.1) is 22.8 Å². The third kappa shape index (κ3) is 3.66. The molecule has 226 valence electrons. The molecule has 6 heteroatoms. The number of rotatable bonds is 4. The van der Waals surface area contributed by atoms with Gasteiger partial charge in [-0.2, -0.15) is 0 Å². The monoisotopic (exact) mass is 630 g/mol. The second kappa shape index (κ2) is 10.1. The van der Waals surface area contributed by atoms with Crippen LogP contribution in [-0.4, -0.2) is 24.8 Å². The van der Waals surface area contributed by atoms with Crippen molar-refractivity contribution in [3.05, 3.63) is 152 Å². The summed E-state index contributed by atoms with van der Waals surface area (Å²) in [6, 6.07) is 50.7. The molecule has 5 heterocycles. The maximum Gasteiger partial charge on any atom is 0.251 e. The highest BCUT2D eigenvalue weighted by molar-refractivity contribution is 7.16. The summed E-state index contributed by atoms with van der Waals surface area (Å²) in [5, 5.41) is 3.05. The van der Waals surface area contributed by atoms with E-state index >= 15 is 0 Å². The van der Waals surface area contributed by atoms with Gasteiger partial charge in [0.2, 0.25) is 0 Å². The normalized spacial score (nSPS) is 14.5. The van der Waals surface area contributed by atoms with Gasteiger partial charge >= 0.3 is 0 Å². The van der Waals surface area contributed by atoms with Gasteiger partial charge in [0.15, 0.2) is 0 Å². The molecule has 7 aromatic rings. The molecule has 5 aromatic carbocycles. The van der Waals surface area contributed by atoms with Crippen molar-refractivity contribution >= 4 is 75.7 Å². The molecule has 0 bridgehead atoms. The molecule has 0 atom stereocenters. The number of para-hydroxylation sites is 2. The van der Waals surface area contributed by atoms with E-state index in [1.807, 2.05) is 24.5 Å². The quantitative estimate of drug-likeness (QED) is 0.196. The number of anilines is 6. The Morgan fingerprint density at radius 1 is 0.417 bits per heavy atom. The Hall–Kier alpha value is -5.72. The van der Waals surface area contributed by atoms with Crippen LogP contribution in [0.5, 0.6) is 0 Å². The van der Waals surface area contributed by atoms with Gasteiger partial charge in [-0.15, -0.1) is 0 Å². The van der Waals surface area contributed by atoms with Gasteiger partial charge in [0.25, 0.3) is 6.71 Å². The molecular formula is C42H31BN4Si. The minimum Gasteiger partial charge on any atom is -0.311 e. The SMILES string of the molecule is C[Si]1(C)c2cccc3c2B2c4c(cccc4N(c4ccccc4-c4ccccn4)c4cccc1c42)N3c1ccccc1-c1ccccn1. The van der Waals surface area contributed by atoms with Crippen molar-refractivity contribution in [2.75, 3.05) is 9.80 Å². The highest BCUT2D eigenvalue weighted by atomic mass is 28.3. The predicted molar refractivity (Wildman–Crippen MR) is 204 cm³/mol. The van der Waals surface area contributed by atoms with E-state index in [1.54, 1.807) is 0 Å². The van der Waals surface area contributed by atoms with Gasteiger partial charge < -0.3 is 9.80 Å². The molecule has 3 aliphatic heterocycles. The molecule has 0 saturated carbocycles. The van der Waals surface area contributed by atoms with E-state index in [9.17, 15) is 0 Å². The molecule has 0 unspecified atom stereocenters. The minimum atomic E-state index is -2.10. The van der Waals surface area contributed by atoms with Crippen LogP contribution in [0.15, 0.2) is 152 Å². The fourth-order valence-corrected chi connectivity index (χ4v) is 11.8. The lowest BCUT2D eigenvalue weighted by Crippen LogP contribution is -2.79. The smallest absolute Gasteiger partial charge is 0.251 e. The van der Waals surface area contributed by atoms with E-state index in [-0.39, 0.29) is 6.71 Å². The predicted octanol–water partition coefficient (Wildman–Crippen LogP) is 7.03. The molecule has 0 radical (unpaired) electrons. The van der Waals surface area contributed by atoms with E-state index in [2.05, 4.69) is 150 Å². The van der Waals surface area contributed by atoms with Crippen molar-refractivity contribution in [2.24, 2.45) is 0 Å². The van der Waals surface area contributed by atoms with Crippen LogP contribution in [0.25, 0.3) is 22.5 Å². The van der Waals surface area contributed by atoms with Gasteiger partial charge in [-0.05, 0) is 77.1 Å². The van der Waals surface area contributed by atoms with Crippen molar-refractivity contribution in [1.82, 2.24) is 9.97 Å². The molecule has 0 fully saturated rings. The van der Waals surface area contributed by atoms with Crippen LogP contribution in [0.2, 0.25) is 13.1 Å². The maximum absolute atomic E-state index is 4.81. The average molecular weight is 631 g/mol. The molecule has 10 rings (SSSR count). The van der Waals surface area contributed by atoms with Gasteiger partial charge in [-0.1, -0.05) is 102 Å². The number of aromatic nitrogens is 2. The lowest BCUT2D eigenvalue weighted by Gasteiger charge is -2.50. The van der Waals surface area contributed by atoms with Crippen LogP contribution in [0.3, 0.4) is 0 Å². The number of hydrogen-bond acceptors (Lipinski definition) is 4. The lowest BCUT2D eigenvalue weighted by atomic mass is 9.33. The molecule has 3 aliphatic rings. The Kier molecular flexibility index (Phi) is 5.79. The Morgan fingerprint density at radius 3 is 1.27 bits per heavy atom. The van der Waals surface area contributed by atoms with Gasteiger partial charge in [-0.3, -0.25) is 9.97 Å². The van der Waals surface area contributed by atoms with Crippen LogP contribution in [-0.2, 0) is 0 Å². The van der Waals surface area contributed by atoms with Crippen LogP contribution < -0.4 is 36.6 Å². The Bertz CT molecular complexity index is 2250. The zero-order valence-corrected chi connectivity index (χ0v) is 27.8. The molecule has 0 spiro atoms. The molecule has 0 saturated heterocycles. The Balaban J connectivity index is 1.32. The molecule has 0 N–H and O–H groups in total. The van der Waals surface area contributed by atoms with Crippen LogP contribution in [0, 0.1) is 0 Å². The zero-order valence-electron chi connectivity index (χ0n) is 26.8. The fourth-order valence-electron chi connectivity index (χ4n) is 8.59. The summed E-state index contributed by atoms with van der Waals surface area (Å²) >= 11 is 0. The number of benzene rings is 5. The number of nitrogens with zero attached hydrogens (tertiary/aromatic N) is 4. The van der Waals surface area contributed by atoms with Gasteiger partial charge in [0, 0.05) is 46.3 Å². The first-order valence-corrected chi connectivity index (χ1v) is 19.6. The van der Waals surface area contributed by atoms with Gasteiger partial charge in [0.1, 0.15) is 8.07 Å². The third-order valence-corrected chi connectivity index (χ3v) is 14.1.